The Labute approximate surface area is 106 Å². The second kappa shape index (κ2) is 4.69. The number of halogens is 1. The van der Waals surface area contributed by atoms with Crippen LogP contribution in [-0.2, 0) is 0 Å². The van der Waals surface area contributed by atoms with E-state index in [2.05, 4.69) is 0 Å². The number of benzene rings is 1. The molecule has 4 heteroatoms. The van der Waals surface area contributed by atoms with Gasteiger partial charge in [-0.2, -0.15) is 0 Å². The predicted molar refractivity (Wildman–Crippen MR) is 66.9 cm³/mol. The van der Waals surface area contributed by atoms with E-state index < -0.39 is 11.4 Å². The maximum absolute atomic E-state index is 13.7. The number of nitrogens with zero attached hydrogens (tertiary/aromatic N) is 1. The molecule has 98 valence electrons. The number of likely N-dealkylation sites (tertiary alicyclic amines) is 1. The van der Waals surface area contributed by atoms with Crippen molar-refractivity contribution in [3.8, 4) is 0 Å². The molecular weight excluding hydrogens is 233 g/mol. The SMILES string of the molecule is Cc1ccc(C(=O)N2CCCC(C)(O)C2)c(F)c1. The lowest BCUT2D eigenvalue weighted by atomic mass is 9.94. The molecule has 1 atom stereocenters. The van der Waals surface area contributed by atoms with Crippen LogP contribution < -0.4 is 0 Å². The summed E-state index contributed by atoms with van der Waals surface area (Å²) in [5.74, 6) is -0.835. The Bertz CT molecular complexity index is 471. The number of carbonyl (C=O) groups excluding carboxylic acids is 1. The van der Waals surface area contributed by atoms with Crippen molar-refractivity contribution >= 4 is 5.91 Å². The van der Waals surface area contributed by atoms with Gasteiger partial charge in [-0.1, -0.05) is 6.07 Å². The number of hydrogen-bond acceptors (Lipinski definition) is 2. The highest BCUT2D eigenvalue weighted by Gasteiger charge is 2.32. The number of hydrogen-bond donors (Lipinski definition) is 1. The zero-order valence-electron chi connectivity index (χ0n) is 10.7. The monoisotopic (exact) mass is 251 g/mol. The quantitative estimate of drug-likeness (QED) is 0.830. The third-order valence-corrected chi connectivity index (χ3v) is 3.32. The number of carbonyl (C=O) groups is 1. The minimum atomic E-state index is -0.866. The summed E-state index contributed by atoms with van der Waals surface area (Å²) in [5.41, 5.74) is 0.00252. The molecule has 0 radical (unpaired) electrons. The fourth-order valence-corrected chi connectivity index (χ4v) is 2.36. The van der Waals surface area contributed by atoms with Crippen LogP contribution in [0.15, 0.2) is 18.2 Å². The Balaban J connectivity index is 2.20. The standard InChI is InChI=1S/C14H18FNO2/c1-10-4-5-11(12(15)8-10)13(17)16-7-3-6-14(2,18)9-16/h4-5,8,18H,3,6-7,9H2,1-2H3. The molecule has 0 spiro atoms. The van der Waals surface area contributed by atoms with Gasteiger partial charge in [0, 0.05) is 13.1 Å². The fraction of sp³-hybridized carbons (Fsp3) is 0.500. The molecule has 1 amide bonds. The summed E-state index contributed by atoms with van der Waals surface area (Å²) >= 11 is 0. The van der Waals surface area contributed by atoms with Crippen LogP contribution in [0, 0.1) is 12.7 Å². The second-order valence-corrected chi connectivity index (χ2v) is 5.31. The molecule has 1 unspecified atom stereocenters. The van der Waals surface area contributed by atoms with Crippen LogP contribution in [0.2, 0.25) is 0 Å². The molecule has 1 aliphatic rings. The van der Waals surface area contributed by atoms with E-state index in [0.717, 1.165) is 12.0 Å². The lowest BCUT2D eigenvalue weighted by molar-refractivity contribution is -0.0109. The van der Waals surface area contributed by atoms with Crippen LogP contribution in [-0.4, -0.2) is 34.6 Å². The molecule has 1 saturated heterocycles. The Hall–Kier alpha value is -1.42. The summed E-state index contributed by atoms with van der Waals surface area (Å²) < 4.78 is 13.7. The van der Waals surface area contributed by atoms with E-state index in [1.54, 1.807) is 19.9 Å². The zero-order valence-corrected chi connectivity index (χ0v) is 10.7. The number of aryl methyl sites for hydroxylation is 1. The topological polar surface area (TPSA) is 40.5 Å². The molecule has 0 saturated carbocycles. The van der Waals surface area contributed by atoms with Gasteiger partial charge in [-0.05, 0) is 44.4 Å². The van der Waals surface area contributed by atoms with Crippen LogP contribution in [0.1, 0.15) is 35.7 Å². The molecule has 1 aliphatic heterocycles. The molecule has 18 heavy (non-hydrogen) atoms. The first-order valence-corrected chi connectivity index (χ1v) is 6.17. The minimum absolute atomic E-state index is 0.0818. The predicted octanol–water partition coefficient (Wildman–Crippen LogP) is 2.12. The van der Waals surface area contributed by atoms with Gasteiger partial charge in [-0.15, -0.1) is 0 Å². The van der Waals surface area contributed by atoms with Gasteiger partial charge in [0.15, 0.2) is 0 Å². The molecule has 0 aromatic heterocycles. The molecule has 0 aliphatic carbocycles. The van der Waals surface area contributed by atoms with Crippen molar-refractivity contribution in [2.24, 2.45) is 0 Å². The summed E-state index contributed by atoms with van der Waals surface area (Å²) in [6, 6.07) is 4.59. The van der Waals surface area contributed by atoms with Crippen molar-refractivity contribution in [2.45, 2.75) is 32.3 Å². The van der Waals surface area contributed by atoms with Gasteiger partial charge in [0.1, 0.15) is 5.82 Å². The first-order chi connectivity index (χ1) is 8.39. The number of piperidine rings is 1. The molecule has 0 bridgehead atoms. The maximum atomic E-state index is 13.7. The van der Waals surface area contributed by atoms with Gasteiger partial charge in [-0.25, -0.2) is 4.39 Å². The van der Waals surface area contributed by atoms with Gasteiger partial charge in [0.05, 0.1) is 11.2 Å². The van der Waals surface area contributed by atoms with Crippen molar-refractivity contribution in [2.75, 3.05) is 13.1 Å². The highest BCUT2D eigenvalue weighted by Crippen LogP contribution is 2.22. The van der Waals surface area contributed by atoms with E-state index >= 15 is 0 Å². The average molecular weight is 251 g/mol. The molecule has 1 aromatic carbocycles. The average Bonchev–Trinajstić information content (AvgIpc) is 2.27. The first kappa shape index (κ1) is 13.0. The van der Waals surface area contributed by atoms with Crippen molar-refractivity contribution in [3.63, 3.8) is 0 Å². The summed E-state index contributed by atoms with van der Waals surface area (Å²) in [4.78, 5) is 13.7. The van der Waals surface area contributed by atoms with Gasteiger partial charge in [-0.3, -0.25) is 4.79 Å². The summed E-state index contributed by atoms with van der Waals surface area (Å²) in [6.07, 6.45) is 1.42. The number of amides is 1. The van der Waals surface area contributed by atoms with Crippen molar-refractivity contribution in [1.82, 2.24) is 4.90 Å². The molecule has 2 rings (SSSR count). The van der Waals surface area contributed by atoms with Crippen LogP contribution in [0.4, 0.5) is 4.39 Å². The molecule has 1 heterocycles. The molecular formula is C14H18FNO2. The smallest absolute Gasteiger partial charge is 0.256 e. The Kier molecular flexibility index (Phi) is 3.39. The van der Waals surface area contributed by atoms with E-state index in [1.807, 2.05) is 0 Å². The lowest BCUT2D eigenvalue weighted by Gasteiger charge is -2.36. The van der Waals surface area contributed by atoms with Gasteiger partial charge >= 0.3 is 0 Å². The van der Waals surface area contributed by atoms with Gasteiger partial charge in [0.2, 0.25) is 0 Å². The molecule has 1 fully saturated rings. The number of rotatable bonds is 1. The van der Waals surface area contributed by atoms with Crippen LogP contribution in [0.5, 0.6) is 0 Å². The Morgan fingerprint density at radius 2 is 2.22 bits per heavy atom. The van der Waals surface area contributed by atoms with E-state index in [4.69, 9.17) is 0 Å². The minimum Gasteiger partial charge on any atom is -0.388 e. The fourth-order valence-electron chi connectivity index (χ4n) is 2.36. The largest absolute Gasteiger partial charge is 0.388 e. The van der Waals surface area contributed by atoms with Gasteiger partial charge < -0.3 is 10.0 Å². The van der Waals surface area contributed by atoms with E-state index in [9.17, 15) is 14.3 Å². The zero-order chi connectivity index (χ0) is 13.3. The second-order valence-electron chi connectivity index (χ2n) is 5.31. The van der Waals surface area contributed by atoms with E-state index in [1.165, 1.54) is 17.0 Å². The number of β-amino-alcohol motifs (C(OH)–C–C–N with tert-alkyl or cyclic N) is 1. The molecule has 1 N–H and O–H groups in total. The normalized spacial score (nSPS) is 24.1. The molecule has 1 aromatic rings. The lowest BCUT2D eigenvalue weighted by Crippen LogP contribution is -2.48. The Morgan fingerprint density at radius 3 is 2.83 bits per heavy atom. The van der Waals surface area contributed by atoms with Crippen molar-refractivity contribution in [1.29, 1.82) is 0 Å². The van der Waals surface area contributed by atoms with Crippen molar-refractivity contribution in [3.05, 3.63) is 35.1 Å². The van der Waals surface area contributed by atoms with Gasteiger partial charge in [0.25, 0.3) is 5.91 Å². The third-order valence-electron chi connectivity index (χ3n) is 3.32. The van der Waals surface area contributed by atoms with Crippen molar-refractivity contribution < 1.29 is 14.3 Å². The maximum Gasteiger partial charge on any atom is 0.256 e. The van der Waals surface area contributed by atoms with E-state index in [-0.39, 0.29) is 18.0 Å². The highest BCUT2D eigenvalue weighted by atomic mass is 19.1. The number of aliphatic hydroxyl groups is 1. The van der Waals surface area contributed by atoms with Crippen LogP contribution in [0.3, 0.4) is 0 Å². The van der Waals surface area contributed by atoms with E-state index in [0.29, 0.717) is 13.0 Å². The Morgan fingerprint density at radius 1 is 1.50 bits per heavy atom. The molecule has 3 nitrogen and oxygen atoms in total. The third kappa shape index (κ3) is 2.70. The van der Waals surface area contributed by atoms with Crippen LogP contribution in [0.25, 0.3) is 0 Å². The summed E-state index contributed by atoms with van der Waals surface area (Å²) in [7, 11) is 0. The summed E-state index contributed by atoms with van der Waals surface area (Å²) in [5, 5.41) is 9.97. The summed E-state index contributed by atoms with van der Waals surface area (Å²) in [6.45, 7) is 4.32. The first-order valence-electron chi connectivity index (χ1n) is 6.17. The highest BCUT2D eigenvalue weighted by molar-refractivity contribution is 5.94. The van der Waals surface area contributed by atoms with Crippen LogP contribution >= 0.6 is 0 Å².